The van der Waals surface area contributed by atoms with Crippen LogP contribution < -0.4 is 10.5 Å². The average molecular weight is 396 g/mol. The largest absolute Gasteiger partial charge is 0.426 e. The number of H-pyrrole nitrogens is 1. The fraction of sp³-hybridized carbons (Fsp3) is 0.304. The maximum Gasteiger partial charge on any atom is 0.314 e. The number of amides is 1. The molecule has 0 aliphatic rings. The fourth-order valence-electron chi connectivity index (χ4n) is 3.32. The van der Waals surface area contributed by atoms with Crippen molar-refractivity contribution >= 4 is 22.8 Å². The topological polar surface area (TPSA) is 85.2 Å². The number of fused-ring (bicyclic) bond motifs is 1. The Morgan fingerprint density at radius 1 is 1.17 bits per heavy atom. The van der Waals surface area contributed by atoms with Crippen molar-refractivity contribution in [1.29, 1.82) is 0 Å². The maximum atomic E-state index is 13.4. The summed E-state index contributed by atoms with van der Waals surface area (Å²) in [6.07, 6.45) is 2.64. The van der Waals surface area contributed by atoms with Gasteiger partial charge in [0.15, 0.2) is 0 Å². The average Bonchev–Trinajstić information content (AvgIpc) is 3.09. The molecule has 1 aromatic heterocycles. The third-order valence-corrected chi connectivity index (χ3v) is 5.41. The quantitative estimate of drug-likeness (QED) is 0.447. The molecular formula is C23H25FN2O3. The Morgan fingerprint density at radius 2 is 1.93 bits per heavy atom. The van der Waals surface area contributed by atoms with E-state index in [-0.39, 0.29) is 36.0 Å². The number of halogens is 1. The molecule has 3 rings (SSSR count). The highest BCUT2D eigenvalue weighted by molar-refractivity contribution is 5.95. The molecule has 2 unspecified atom stereocenters. The summed E-state index contributed by atoms with van der Waals surface area (Å²) in [4.78, 5) is 26.5. The Hall–Kier alpha value is -3.15. The van der Waals surface area contributed by atoms with Crippen molar-refractivity contribution in [3.8, 4) is 16.9 Å². The van der Waals surface area contributed by atoms with E-state index in [0.717, 1.165) is 27.6 Å². The van der Waals surface area contributed by atoms with Crippen LogP contribution in [0.15, 0.2) is 42.6 Å². The van der Waals surface area contributed by atoms with E-state index in [0.29, 0.717) is 12.2 Å². The Morgan fingerprint density at radius 3 is 2.62 bits per heavy atom. The smallest absolute Gasteiger partial charge is 0.314 e. The van der Waals surface area contributed by atoms with Gasteiger partial charge in [-0.3, -0.25) is 9.59 Å². The van der Waals surface area contributed by atoms with Gasteiger partial charge < -0.3 is 15.5 Å². The van der Waals surface area contributed by atoms with Crippen LogP contribution in [0.1, 0.15) is 32.3 Å². The number of nitrogens with two attached hydrogens (primary N) is 1. The van der Waals surface area contributed by atoms with Crippen molar-refractivity contribution in [2.75, 3.05) is 0 Å². The number of carbonyl (C=O) groups is 2. The third kappa shape index (κ3) is 4.65. The summed E-state index contributed by atoms with van der Waals surface area (Å²) in [5, 5.41) is 0.924. The van der Waals surface area contributed by atoms with E-state index in [4.69, 9.17) is 10.5 Å². The maximum absolute atomic E-state index is 13.4. The Kier molecular flexibility index (Phi) is 6.01. The molecule has 0 spiro atoms. The molecule has 152 valence electrons. The highest BCUT2D eigenvalue weighted by Crippen LogP contribution is 2.32. The van der Waals surface area contributed by atoms with Gasteiger partial charge in [-0.2, -0.15) is 0 Å². The summed E-state index contributed by atoms with van der Waals surface area (Å²) in [7, 11) is 0. The summed E-state index contributed by atoms with van der Waals surface area (Å²) in [5.74, 6) is -0.857. The van der Waals surface area contributed by atoms with E-state index in [2.05, 4.69) is 4.98 Å². The van der Waals surface area contributed by atoms with Crippen LogP contribution in [0, 0.1) is 24.6 Å². The van der Waals surface area contributed by atoms with Crippen molar-refractivity contribution in [2.45, 2.75) is 33.6 Å². The first kappa shape index (κ1) is 20.6. The lowest BCUT2D eigenvalue weighted by molar-refractivity contribution is -0.140. The number of rotatable bonds is 7. The lowest BCUT2D eigenvalue weighted by atomic mass is 9.91. The van der Waals surface area contributed by atoms with Crippen molar-refractivity contribution in [2.24, 2.45) is 17.6 Å². The van der Waals surface area contributed by atoms with Crippen LogP contribution in [-0.2, 0) is 9.59 Å². The van der Waals surface area contributed by atoms with Crippen LogP contribution >= 0.6 is 0 Å². The number of hydrogen-bond donors (Lipinski definition) is 2. The Bertz CT molecular complexity index is 1060. The van der Waals surface area contributed by atoms with Gasteiger partial charge in [-0.15, -0.1) is 0 Å². The number of aromatic nitrogens is 1. The molecular weight excluding hydrogens is 371 g/mol. The van der Waals surface area contributed by atoms with Crippen LogP contribution in [0.4, 0.5) is 4.39 Å². The zero-order valence-corrected chi connectivity index (χ0v) is 16.8. The van der Waals surface area contributed by atoms with Crippen LogP contribution in [0.3, 0.4) is 0 Å². The lowest BCUT2D eigenvalue weighted by Gasteiger charge is -2.18. The second-order valence-electron chi connectivity index (χ2n) is 7.56. The van der Waals surface area contributed by atoms with Gasteiger partial charge in [0.1, 0.15) is 11.6 Å². The van der Waals surface area contributed by atoms with E-state index in [9.17, 15) is 14.0 Å². The first-order valence-electron chi connectivity index (χ1n) is 9.64. The second-order valence-corrected chi connectivity index (χ2v) is 7.56. The van der Waals surface area contributed by atoms with Gasteiger partial charge in [0.2, 0.25) is 5.91 Å². The number of esters is 1. The summed E-state index contributed by atoms with van der Waals surface area (Å²) >= 11 is 0. The third-order valence-electron chi connectivity index (χ3n) is 5.41. The molecule has 29 heavy (non-hydrogen) atoms. The van der Waals surface area contributed by atoms with Gasteiger partial charge in [0.25, 0.3) is 0 Å². The molecule has 1 amide bonds. The standard InChI is InChI=1S/C23H25FN2O3/c1-13(4-9-22(25)27)15(3)23(28)29-21-8-5-16(10-14(21)2)19-12-26-20-11-17(24)6-7-18(19)20/h5-8,10-13,15,26H,4,9H2,1-3H3,(H2,25,27). The second kappa shape index (κ2) is 8.47. The number of benzene rings is 2. The van der Waals surface area contributed by atoms with E-state index in [1.54, 1.807) is 19.1 Å². The minimum absolute atomic E-state index is 0.0128. The van der Waals surface area contributed by atoms with Crippen molar-refractivity contribution < 1.29 is 18.7 Å². The van der Waals surface area contributed by atoms with Crippen molar-refractivity contribution in [3.63, 3.8) is 0 Å². The predicted octanol–water partition coefficient (Wildman–Crippen LogP) is 4.73. The molecule has 0 radical (unpaired) electrons. The number of carbonyl (C=O) groups excluding carboxylic acids is 2. The molecule has 3 N–H and O–H groups in total. The van der Waals surface area contributed by atoms with Crippen LogP contribution in [0.25, 0.3) is 22.0 Å². The summed E-state index contributed by atoms with van der Waals surface area (Å²) in [6.45, 7) is 5.58. The van der Waals surface area contributed by atoms with Gasteiger partial charge in [-0.25, -0.2) is 4.39 Å². The van der Waals surface area contributed by atoms with Crippen molar-refractivity contribution in [3.05, 3.63) is 54.0 Å². The molecule has 0 aliphatic heterocycles. The highest BCUT2D eigenvalue weighted by Gasteiger charge is 2.23. The first-order chi connectivity index (χ1) is 13.8. The molecule has 0 aliphatic carbocycles. The van der Waals surface area contributed by atoms with Crippen LogP contribution in [-0.4, -0.2) is 16.9 Å². The molecule has 0 bridgehead atoms. The van der Waals surface area contributed by atoms with Gasteiger partial charge in [0, 0.05) is 29.1 Å². The fourth-order valence-corrected chi connectivity index (χ4v) is 3.32. The summed E-state index contributed by atoms with van der Waals surface area (Å²) in [5.41, 5.74) is 8.63. The number of primary amides is 1. The molecule has 5 nitrogen and oxygen atoms in total. The molecule has 0 saturated carbocycles. The molecule has 1 heterocycles. The van der Waals surface area contributed by atoms with Crippen LogP contribution in [0.5, 0.6) is 5.75 Å². The van der Waals surface area contributed by atoms with Gasteiger partial charge >= 0.3 is 5.97 Å². The zero-order chi connectivity index (χ0) is 21.1. The monoisotopic (exact) mass is 396 g/mol. The molecule has 6 heteroatoms. The molecule has 0 fully saturated rings. The normalized spacial score (nSPS) is 13.2. The Balaban J connectivity index is 1.75. The number of nitrogens with one attached hydrogen (secondary N) is 1. The zero-order valence-electron chi connectivity index (χ0n) is 16.8. The molecule has 0 saturated heterocycles. The minimum Gasteiger partial charge on any atom is -0.426 e. The number of aromatic amines is 1. The minimum atomic E-state index is -0.371. The highest BCUT2D eigenvalue weighted by atomic mass is 19.1. The van der Waals surface area contributed by atoms with Crippen LogP contribution in [0.2, 0.25) is 0 Å². The van der Waals surface area contributed by atoms with Gasteiger partial charge in [0.05, 0.1) is 5.92 Å². The van der Waals surface area contributed by atoms with E-state index < -0.39 is 0 Å². The van der Waals surface area contributed by atoms with E-state index >= 15 is 0 Å². The summed E-state index contributed by atoms with van der Waals surface area (Å²) in [6, 6.07) is 10.2. The van der Waals surface area contributed by atoms with E-state index in [1.165, 1.54) is 12.1 Å². The SMILES string of the molecule is Cc1cc(-c2c[nH]c3cc(F)ccc23)ccc1OC(=O)C(C)C(C)CCC(N)=O. The molecule has 2 atom stereocenters. The molecule has 2 aromatic carbocycles. The Labute approximate surface area is 169 Å². The van der Waals surface area contributed by atoms with Gasteiger partial charge in [-0.1, -0.05) is 19.9 Å². The first-order valence-corrected chi connectivity index (χ1v) is 9.64. The lowest BCUT2D eigenvalue weighted by Crippen LogP contribution is -2.25. The number of ether oxygens (including phenoxy) is 1. The van der Waals surface area contributed by atoms with Gasteiger partial charge in [-0.05, 0) is 60.7 Å². The predicted molar refractivity (Wildman–Crippen MR) is 111 cm³/mol. The number of hydrogen-bond acceptors (Lipinski definition) is 3. The summed E-state index contributed by atoms with van der Waals surface area (Å²) < 4.78 is 19.0. The molecule has 3 aromatic rings. The van der Waals surface area contributed by atoms with Crippen molar-refractivity contribution in [1.82, 2.24) is 4.98 Å². The number of aryl methyl sites for hydroxylation is 1. The van der Waals surface area contributed by atoms with E-state index in [1.807, 2.05) is 32.2 Å².